The Kier molecular flexibility index (Phi) is 5.74. The Balaban J connectivity index is 2.36. The Bertz CT molecular complexity index is 809. The first-order valence-corrected chi connectivity index (χ1v) is 9.19. The van der Waals surface area contributed by atoms with E-state index in [-0.39, 0.29) is 10.5 Å². The van der Waals surface area contributed by atoms with Crippen LogP contribution in [-0.4, -0.2) is 27.2 Å². The van der Waals surface area contributed by atoms with Crippen molar-refractivity contribution in [3.63, 3.8) is 0 Å². The van der Waals surface area contributed by atoms with Crippen LogP contribution in [0, 0.1) is 0 Å². The number of ether oxygens (including phenoxy) is 1. The number of methoxy groups -OCH3 is 1. The van der Waals surface area contributed by atoms with Crippen molar-refractivity contribution in [1.29, 1.82) is 0 Å². The van der Waals surface area contributed by atoms with Crippen LogP contribution in [0.4, 0.5) is 0 Å². The smallest absolute Gasteiger partial charge is 0.334 e. The molecule has 120 valence electrons. The van der Waals surface area contributed by atoms with Crippen LogP contribution in [0.2, 0.25) is 0 Å². The molecule has 0 aliphatic rings. The highest BCUT2D eigenvalue weighted by molar-refractivity contribution is 9.10. The van der Waals surface area contributed by atoms with E-state index in [0.29, 0.717) is 0 Å². The highest BCUT2D eigenvalue weighted by Crippen LogP contribution is 2.19. The predicted octanol–water partition coefficient (Wildman–Crippen LogP) is 3.48. The average molecular weight is 395 g/mol. The van der Waals surface area contributed by atoms with Crippen LogP contribution in [0.25, 0.3) is 6.08 Å². The van der Waals surface area contributed by atoms with Crippen molar-refractivity contribution in [2.75, 3.05) is 12.9 Å². The maximum Gasteiger partial charge on any atom is 0.334 e. The van der Waals surface area contributed by atoms with Gasteiger partial charge in [0, 0.05) is 4.47 Å². The summed E-state index contributed by atoms with van der Waals surface area (Å²) in [6.45, 7) is 0. The number of halogens is 1. The van der Waals surface area contributed by atoms with Crippen molar-refractivity contribution < 1.29 is 17.9 Å². The number of carbonyl (C=O) groups is 1. The van der Waals surface area contributed by atoms with E-state index >= 15 is 0 Å². The predicted molar refractivity (Wildman–Crippen MR) is 92.6 cm³/mol. The maximum atomic E-state index is 12.5. The van der Waals surface area contributed by atoms with E-state index in [9.17, 15) is 13.2 Å². The van der Waals surface area contributed by atoms with Crippen molar-refractivity contribution in [3.05, 3.63) is 70.2 Å². The number of benzene rings is 2. The molecule has 6 heteroatoms. The Labute approximate surface area is 143 Å². The van der Waals surface area contributed by atoms with Crippen LogP contribution in [0.1, 0.15) is 5.56 Å². The van der Waals surface area contributed by atoms with Gasteiger partial charge < -0.3 is 4.74 Å². The Morgan fingerprint density at radius 1 is 1.09 bits per heavy atom. The first-order chi connectivity index (χ1) is 10.9. The summed E-state index contributed by atoms with van der Waals surface area (Å²) in [6, 6.07) is 15.3. The lowest BCUT2D eigenvalue weighted by Gasteiger charge is -2.08. The summed E-state index contributed by atoms with van der Waals surface area (Å²) in [5, 5.41) is 0. The van der Waals surface area contributed by atoms with Crippen molar-refractivity contribution in [3.8, 4) is 0 Å². The van der Waals surface area contributed by atoms with Gasteiger partial charge in [-0.15, -0.1) is 0 Å². The molecule has 0 atom stereocenters. The van der Waals surface area contributed by atoms with E-state index in [1.54, 1.807) is 24.3 Å². The molecule has 2 aromatic carbocycles. The number of carbonyl (C=O) groups excluding carboxylic acids is 1. The minimum atomic E-state index is -3.64. The van der Waals surface area contributed by atoms with Crippen LogP contribution in [0.3, 0.4) is 0 Å². The van der Waals surface area contributed by atoms with Crippen molar-refractivity contribution in [1.82, 2.24) is 0 Å². The lowest BCUT2D eigenvalue weighted by molar-refractivity contribution is -0.135. The summed E-state index contributed by atoms with van der Waals surface area (Å²) < 4.78 is 30.5. The number of sulfone groups is 1. The molecular formula is C17H15BrO4S. The highest BCUT2D eigenvalue weighted by Gasteiger charge is 2.21. The largest absolute Gasteiger partial charge is 0.466 e. The molecule has 0 bridgehead atoms. The van der Waals surface area contributed by atoms with Crippen molar-refractivity contribution in [2.24, 2.45) is 0 Å². The van der Waals surface area contributed by atoms with Gasteiger partial charge in [0.25, 0.3) is 0 Å². The van der Waals surface area contributed by atoms with E-state index < -0.39 is 21.6 Å². The minimum absolute atomic E-state index is 0.0848. The van der Waals surface area contributed by atoms with Gasteiger partial charge in [-0.2, -0.15) is 0 Å². The summed E-state index contributed by atoms with van der Waals surface area (Å²) in [5.41, 5.74) is 0.820. The number of hydrogen-bond acceptors (Lipinski definition) is 4. The zero-order chi connectivity index (χ0) is 16.9. The van der Waals surface area contributed by atoms with Crippen molar-refractivity contribution >= 4 is 37.8 Å². The summed E-state index contributed by atoms with van der Waals surface area (Å²) in [5.74, 6) is -1.08. The molecule has 0 saturated heterocycles. The summed E-state index contributed by atoms with van der Waals surface area (Å²) in [6.07, 6.45) is 1.53. The molecule has 0 fully saturated rings. The molecule has 0 aromatic heterocycles. The fourth-order valence-corrected chi connectivity index (χ4v) is 3.56. The molecule has 0 heterocycles. The molecule has 4 nitrogen and oxygen atoms in total. The number of esters is 1. The molecule has 0 spiro atoms. The van der Waals surface area contributed by atoms with E-state index in [0.717, 1.165) is 10.0 Å². The van der Waals surface area contributed by atoms with Gasteiger partial charge in [0.15, 0.2) is 9.84 Å². The highest BCUT2D eigenvalue weighted by atomic mass is 79.9. The third-order valence-electron chi connectivity index (χ3n) is 3.11. The Morgan fingerprint density at radius 3 is 2.26 bits per heavy atom. The quantitative estimate of drug-likeness (QED) is 0.575. The minimum Gasteiger partial charge on any atom is -0.466 e. The summed E-state index contributed by atoms with van der Waals surface area (Å²) in [4.78, 5) is 12.1. The van der Waals surface area contributed by atoms with Crippen LogP contribution < -0.4 is 0 Å². The van der Waals surface area contributed by atoms with Gasteiger partial charge in [-0.3, -0.25) is 0 Å². The SMILES string of the molecule is COC(=O)/C(=C/c1ccccc1)CS(=O)(=O)c1ccc(Br)cc1. The zero-order valence-electron chi connectivity index (χ0n) is 12.4. The maximum absolute atomic E-state index is 12.5. The summed E-state index contributed by atoms with van der Waals surface area (Å²) in [7, 11) is -2.41. The fourth-order valence-electron chi connectivity index (χ4n) is 1.97. The van der Waals surface area contributed by atoms with Crippen molar-refractivity contribution in [2.45, 2.75) is 4.90 Å². The topological polar surface area (TPSA) is 60.4 Å². The standard InChI is InChI=1S/C17H15BrO4S/c1-22-17(19)14(11-13-5-3-2-4-6-13)12-23(20,21)16-9-7-15(18)8-10-16/h2-11H,12H2,1H3/b14-11+. The van der Waals surface area contributed by atoms with Gasteiger partial charge in [0.1, 0.15) is 0 Å². The molecule has 2 aromatic rings. The molecule has 0 aliphatic carbocycles. The van der Waals surface area contributed by atoms with Gasteiger partial charge in [-0.25, -0.2) is 13.2 Å². The molecule has 0 aliphatic heterocycles. The lowest BCUT2D eigenvalue weighted by Crippen LogP contribution is -2.16. The average Bonchev–Trinajstić information content (AvgIpc) is 2.54. The molecule has 0 unspecified atom stereocenters. The van der Waals surface area contributed by atoms with Crippen LogP contribution in [-0.2, 0) is 19.4 Å². The van der Waals surface area contributed by atoms with Gasteiger partial charge in [0.05, 0.1) is 23.3 Å². The van der Waals surface area contributed by atoms with Gasteiger partial charge in [0.2, 0.25) is 0 Å². The molecule has 0 N–H and O–H groups in total. The first kappa shape index (κ1) is 17.4. The van der Waals surface area contributed by atoms with Crippen LogP contribution in [0.15, 0.2) is 69.5 Å². The van der Waals surface area contributed by atoms with Gasteiger partial charge in [-0.1, -0.05) is 46.3 Å². The molecule has 0 saturated carbocycles. The first-order valence-electron chi connectivity index (χ1n) is 6.74. The molecule has 0 amide bonds. The van der Waals surface area contributed by atoms with E-state index in [1.807, 2.05) is 18.2 Å². The van der Waals surface area contributed by atoms with Gasteiger partial charge in [-0.05, 0) is 35.9 Å². The molecule has 2 rings (SSSR count). The second-order valence-corrected chi connectivity index (χ2v) is 7.69. The normalized spacial score (nSPS) is 12.0. The van der Waals surface area contributed by atoms with Crippen LogP contribution in [0.5, 0.6) is 0 Å². The second kappa shape index (κ2) is 7.57. The Morgan fingerprint density at radius 2 is 1.70 bits per heavy atom. The van der Waals surface area contributed by atoms with E-state index in [2.05, 4.69) is 15.9 Å². The van der Waals surface area contributed by atoms with Crippen LogP contribution >= 0.6 is 15.9 Å². The monoisotopic (exact) mass is 394 g/mol. The summed E-state index contributed by atoms with van der Waals surface area (Å²) >= 11 is 3.26. The molecular weight excluding hydrogens is 380 g/mol. The van der Waals surface area contributed by atoms with Gasteiger partial charge >= 0.3 is 5.97 Å². The zero-order valence-corrected chi connectivity index (χ0v) is 14.8. The Hall–Kier alpha value is -1.92. The number of hydrogen-bond donors (Lipinski definition) is 0. The molecule has 0 radical (unpaired) electrons. The second-order valence-electron chi connectivity index (χ2n) is 4.78. The lowest BCUT2D eigenvalue weighted by atomic mass is 10.1. The fraction of sp³-hybridized carbons (Fsp3) is 0.118. The van der Waals surface area contributed by atoms with E-state index in [1.165, 1.54) is 25.3 Å². The molecule has 23 heavy (non-hydrogen) atoms. The van der Waals surface area contributed by atoms with E-state index in [4.69, 9.17) is 4.74 Å². The number of rotatable bonds is 5. The third kappa shape index (κ3) is 4.77. The third-order valence-corrected chi connectivity index (χ3v) is 5.32.